The molecule has 0 spiro atoms. The molecule has 202 valence electrons. The SMILES string of the molecule is COc1cc(OC)c(/C=C/S(=O)(=O)Cc2ccc(OC)c(C(C(=O)O)N3CCN(C)CC3)c2)c(OC)c1. The molecule has 1 saturated heterocycles. The summed E-state index contributed by atoms with van der Waals surface area (Å²) in [5.41, 5.74) is 1.33. The van der Waals surface area contributed by atoms with E-state index in [1.807, 2.05) is 11.9 Å². The van der Waals surface area contributed by atoms with Crippen LogP contribution in [-0.4, -0.2) is 91.0 Å². The molecule has 0 radical (unpaired) electrons. The maximum atomic E-state index is 13.0. The summed E-state index contributed by atoms with van der Waals surface area (Å²) in [7, 11) is 4.17. The fourth-order valence-corrected chi connectivity index (χ4v) is 5.39. The first-order chi connectivity index (χ1) is 17.6. The molecule has 11 heteroatoms. The molecule has 1 unspecified atom stereocenters. The van der Waals surface area contributed by atoms with E-state index in [2.05, 4.69) is 4.90 Å². The molecule has 37 heavy (non-hydrogen) atoms. The molecule has 1 aliphatic heterocycles. The third-order valence-electron chi connectivity index (χ3n) is 6.29. The van der Waals surface area contributed by atoms with Crippen LogP contribution in [0.15, 0.2) is 35.7 Å². The van der Waals surface area contributed by atoms with Gasteiger partial charge in [0, 0.05) is 49.3 Å². The fraction of sp³-hybridized carbons (Fsp3) is 0.423. The number of aliphatic carboxylic acids is 1. The van der Waals surface area contributed by atoms with Crippen LogP contribution in [0.4, 0.5) is 0 Å². The lowest BCUT2D eigenvalue weighted by molar-refractivity contribution is -0.144. The van der Waals surface area contributed by atoms with Gasteiger partial charge < -0.3 is 29.0 Å². The highest BCUT2D eigenvalue weighted by Crippen LogP contribution is 2.36. The molecule has 10 nitrogen and oxygen atoms in total. The minimum absolute atomic E-state index is 0.323. The second-order valence-corrected chi connectivity index (χ2v) is 10.6. The summed E-state index contributed by atoms with van der Waals surface area (Å²) >= 11 is 0. The Morgan fingerprint density at radius 3 is 2.05 bits per heavy atom. The number of piperazine rings is 1. The van der Waals surface area contributed by atoms with Crippen molar-refractivity contribution in [2.75, 3.05) is 61.7 Å². The lowest BCUT2D eigenvalue weighted by Gasteiger charge is -2.36. The van der Waals surface area contributed by atoms with E-state index in [0.717, 1.165) is 18.5 Å². The molecule has 1 fully saturated rings. The van der Waals surface area contributed by atoms with Crippen molar-refractivity contribution in [2.45, 2.75) is 11.8 Å². The number of benzene rings is 2. The van der Waals surface area contributed by atoms with Gasteiger partial charge in [-0.15, -0.1) is 0 Å². The first-order valence-corrected chi connectivity index (χ1v) is 13.4. The van der Waals surface area contributed by atoms with Crippen molar-refractivity contribution < 1.29 is 37.3 Å². The van der Waals surface area contributed by atoms with Crippen molar-refractivity contribution in [1.82, 2.24) is 9.80 Å². The first kappa shape index (κ1) is 28.3. The summed E-state index contributed by atoms with van der Waals surface area (Å²) in [5.74, 6) is 0.359. The van der Waals surface area contributed by atoms with Crippen LogP contribution in [0, 0.1) is 0 Å². The zero-order valence-corrected chi connectivity index (χ0v) is 22.6. The number of nitrogens with zero attached hydrogens (tertiary/aromatic N) is 2. The predicted octanol–water partition coefficient (Wildman–Crippen LogP) is 2.68. The molecule has 0 aromatic heterocycles. The molecule has 0 aliphatic carbocycles. The third kappa shape index (κ3) is 6.94. The van der Waals surface area contributed by atoms with Crippen molar-refractivity contribution in [1.29, 1.82) is 0 Å². The zero-order chi connectivity index (χ0) is 27.2. The average Bonchev–Trinajstić information content (AvgIpc) is 2.88. The molecule has 0 bridgehead atoms. The Labute approximate surface area is 217 Å². The van der Waals surface area contributed by atoms with E-state index in [1.54, 1.807) is 30.3 Å². The van der Waals surface area contributed by atoms with Gasteiger partial charge in [-0.1, -0.05) is 6.07 Å². The maximum Gasteiger partial charge on any atom is 0.325 e. The highest BCUT2D eigenvalue weighted by atomic mass is 32.2. The summed E-state index contributed by atoms with van der Waals surface area (Å²) < 4.78 is 47.5. The quantitative estimate of drug-likeness (QED) is 0.461. The van der Waals surface area contributed by atoms with Gasteiger partial charge in [-0.3, -0.25) is 9.69 Å². The monoisotopic (exact) mass is 534 g/mol. The molecule has 1 heterocycles. The van der Waals surface area contributed by atoms with Gasteiger partial charge in [-0.2, -0.15) is 0 Å². The van der Waals surface area contributed by atoms with Gasteiger partial charge in [0.1, 0.15) is 29.0 Å². The molecule has 1 N–H and O–H groups in total. The third-order valence-corrected chi connectivity index (χ3v) is 7.58. The smallest absolute Gasteiger partial charge is 0.325 e. The van der Waals surface area contributed by atoms with Crippen LogP contribution >= 0.6 is 0 Å². The van der Waals surface area contributed by atoms with Crippen LogP contribution in [0.25, 0.3) is 6.08 Å². The number of hydrogen-bond acceptors (Lipinski definition) is 9. The van der Waals surface area contributed by atoms with E-state index in [9.17, 15) is 18.3 Å². The Hall–Kier alpha value is -3.28. The van der Waals surface area contributed by atoms with Crippen molar-refractivity contribution in [3.05, 3.63) is 52.4 Å². The van der Waals surface area contributed by atoms with Crippen molar-refractivity contribution in [2.24, 2.45) is 0 Å². The van der Waals surface area contributed by atoms with Gasteiger partial charge in [0.25, 0.3) is 0 Å². The van der Waals surface area contributed by atoms with Gasteiger partial charge in [-0.25, -0.2) is 8.42 Å². The van der Waals surface area contributed by atoms with Crippen molar-refractivity contribution in [3.8, 4) is 23.0 Å². The molecule has 1 atom stereocenters. The normalized spacial score (nSPS) is 15.9. The second-order valence-electron chi connectivity index (χ2n) is 8.71. The highest BCUT2D eigenvalue weighted by molar-refractivity contribution is 7.93. The Morgan fingerprint density at radius 2 is 1.54 bits per heavy atom. The second kappa shape index (κ2) is 12.3. The number of carbonyl (C=O) groups is 1. The standard InChI is InChI=1S/C26H34N2O8S/c1-27-9-11-28(12-10-27)25(26(29)30)21-14-18(6-7-22(21)34-3)17-37(31,32)13-8-20-23(35-4)15-19(33-2)16-24(20)36-5/h6-8,13-16,25H,9-12,17H2,1-5H3,(H,29,30)/b13-8+. The number of likely N-dealkylation sites (N-methyl/N-ethyl adjacent to an activating group) is 1. The summed E-state index contributed by atoms with van der Waals surface area (Å²) in [6.07, 6.45) is 1.42. The molecule has 2 aromatic carbocycles. The minimum Gasteiger partial charge on any atom is -0.496 e. The van der Waals surface area contributed by atoms with E-state index in [0.29, 0.717) is 52.8 Å². The number of hydrogen-bond donors (Lipinski definition) is 1. The number of methoxy groups -OCH3 is 4. The Bertz CT molecular complexity index is 1210. The van der Waals surface area contributed by atoms with Crippen LogP contribution in [0.2, 0.25) is 0 Å². The molecule has 2 aromatic rings. The lowest BCUT2D eigenvalue weighted by atomic mass is 10.0. The van der Waals surface area contributed by atoms with Crippen molar-refractivity contribution >= 4 is 21.9 Å². The maximum absolute atomic E-state index is 13.0. The Morgan fingerprint density at radius 1 is 0.946 bits per heavy atom. The van der Waals surface area contributed by atoms with Gasteiger partial charge in [-0.05, 0) is 30.8 Å². The molecular weight excluding hydrogens is 500 g/mol. The molecular formula is C26H34N2O8S. The predicted molar refractivity (Wildman–Crippen MR) is 140 cm³/mol. The first-order valence-electron chi connectivity index (χ1n) is 11.7. The highest BCUT2D eigenvalue weighted by Gasteiger charge is 2.32. The summed E-state index contributed by atoms with van der Waals surface area (Å²) in [4.78, 5) is 16.3. The van der Waals surface area contributed by atoms with E-state index < -0.39 is 21.8 Å². The molecule has 1 aliphatic rings. The van der Waals surface area contributed by atoms with Gasteiger partial charge >= 0.3 is 5.97 Å². The summed E-state index contributed by atoms with van der Waals surface area (Å²) in [5, 5.41) is 11.2. The largest absolute Gasteiger partial charge is 0.496 e. The van der Waals surface area contributed by atoms with E-state index in [1.165, 1.54) is 34.5 Å². The van der Waals surface area contributed by atoms with Gasteiger partial charge in [0.2, 0.25) is 0 Å². The van der Waals surface area contributed by atoms with E-state index in [-0.39, 0.29) is 5.75 Å². The zero-order valence-electron chi connectivity index (χ0n) is 21.8. The number of carboxylic acids is 1. The van der Waals surface area contributed by atoms with Gasteiger partial charge in [0.15, 0.2) is 9.84 Å². The molecule has 0 saturated carbocycles. The fourth-order valence-electron chi connectivity index (χ4n) is 4.30. The number of carboxylic acid groups (broad SMARTS) is 1. The summed E-state index contributed by atoms with van der Waals surface area (Å²) in [6, 6.07) is 7.17. The molecule has 0 amide bonds. The number of sulfone groups is 1. The van der Waals surface area contributed by atoms with Crippen LogP contribution in [0.3, 0.4) is 0 Å². The van der Waals surface area contributed by atoms with Crippen LogP contribution in [0.5, 0.6) is 23.0 Å². The molecule has 3 rings (SSSR count). The van der Waals surface area contributed by atoms with E-state index in [4.69, 9.17) is 18.9 Å². The minimum atomic E-state index is -3.74. The Kier molecular flexibility index (Phi) is 9.41. The topological polar surface area (TPSA) is 115 Å². The van der Waals surface area contributed by atoms with Crippen LogP contribution in [-0.2, 0) is 20.4 Å². The van der Waals surface area contributed by atoms with Crippen molar-refractivity contribution in [3.63, 3.8) is 0 Å². The van der Waals surface area contributed by atoms with Crippen LogP contribution < -0.4 is 18.9 Å². The van der Waals surface area contributed by atoms with Crippen LogP contribution in [0.1, 0.15) is 22.7 Å². The Balaban J connectivity index is 1.91. The van der Waals surface area contributed by atoms with E-state index >= 15 is 0 Å². The van der Waals surface area contributed by atoms with Gasteiger partial charge in [0.05, 0.1) is 39.8 Å². The number of ether oxygens (including phenoxy) is 4. The lowest BCUT2D eigenvalue weighted by Crippen LogP contribution is -2.47. The average molecular weight is 535 g/mol. The number of rotatable bonds is 11. The summed E-state index contributed by atoms with van der Waals surface area (Å²) in [6.45, 7) is 2.63.